The zero-order valence-electron chi connectivity index (χ0n) is 13.7. The molecule has 0 bridgehead atoms. The zero-order chi connectivity index (χ0) is 18.0. The van der Waals surface area contributed by atoms with E-state index in [1.807, 2.05) is 0 Å². The second kappa shape index (κ2) is 7.00. The molecule has 1 amide bonds. The van der Waals surface area contributed by atoms with Crippen molar-refractivity contribution < 1.29 is 18.7 Å². The maximum absolute atomic E-state index is 13.7. The highest BCUT2D eigenvalue weighted by Gasteiger charge is 2.23. The number of carbonyl (C=O) groups is 2. The molecule has 8 heteroatoms. The average molecular weight is 354 g/mol. The van der Waals surface area contributed by atoms with Gasteiger partial charge in [-0.3, -0.25) is 9.48 Å². The Bertz CT molecular complexity index is 804. The predicted molar refractivity (Wildman–Crippen MR) is 87.6 cm³/mol. The summed E-state index contributed by atoms with van der Waals surface area (Å²) in [4.78, 5) is 24.2. The van der Waals surface area contributed by atoms with Crippen molar-refractivity contribution in [1.82, 2.24) is 9.78 Å². The van der Waals surface area contributed by atoms with E-state index < -0.39 is 23.8 Å². The Morgan fingerprint density at radius 1 is 1.38 bits per heavy atom. The third kappa shape index (κ3) is 3.73. The van der Waals surface area contributed by atoms with Crippen LogP contribution in [0, 0.1) is 19.7 Å². The van der Waals surface area contributed by atoms with Crippen LogP contribution < -0.4 is 5.32 Å². The Morgan fingerprint density at radius 3 is 2.62 bits per heavy atom. The zero-order valence-corrected chi connectivity index (χ0v) is 14.4. The summed E-state index contributed by atoms with van der Waals surface area (Å²) in [6.07, 6.45) is -1.12. The van der Waals surface area contributed by atoms with Crippen LogP contribution in [0.5, 0.6) is 0 Å². The van der Waals surface area contributed by atoms with Crippen molar-refractivity contribution in [3.8, 4) is 0 Å². The lowest BCUT2D eigenvalue weighted by molar-refractivity contribution is -0.123. The monoisotopic (exact) mass is 353 g/mol. The van der Waals surface area contributed by atoms with Crippen molar-refractivity contribution in [2.45, 2.75) is 26.9 Å². The number of esters is 1. The molecule has 1 atom stereocenters. The van der Waals surface area contributed by atoms with Crippen LogP contribution >= 0.6 is 11.6 Å². The molecule has 0 aliphatic heterocycles. The lowest BCUT2D eigenvalue weighted by Crippen LogP contribution is -2.30. The number of ether oxygens (including phenoxy) is 1. The van der Waals surface area contributed by atoms with Gasteiger partial charge in [0.15, 0.2) is 6.10 Å². The van der Waals surface area contributed by atoms with Crippen molar-refractivity contribution in [3.05, 3.63) is 46.0 Å². The number of halogens is 2. The number of carbonyl (C=O) groups excluding carboxylic acids is 2. The molecule has 24 heavy (non-hydrogen) atoms. The molecular formula is C16H17ClFN3O3. The second-order valence-corrected chi connectivity index (χ2v) is 5.77. The van der Waals surface area contributed by atoms with Gasteiger partial charge in [0.1, 0.15) is 5.82 Å². The number of hydrogen-bond donors (Lipinski definition) is 1. The molecule has 0 fully saturated rings. The Kier molecular flexibility index (Phi) is 5.23. The van der Waals surface area contributed by atoms with E-state index in [1.165, 1.54) is 13.0 Å². The minimum atomic E-state index is -1.12. The fraction of sp³-hybridized carbons (Fsp3) is 0.312. The summed E-state index contributed by atoms with van der Waals surface area (Å²) in [7, 11) is 1.75. The first-order valence-corrected chi connectivity index (χ1v) is 7.55. The number of rotatable bonds is 4. The number of aryl methyl sites for hydroxylation is 2. The first-order chi connectivity index (χ1) is 11.2. The molecule has 0 aliphatic carbocycles. The molecule has 0 saturated heterocycles. The summed E-state index contributed by atoms with van der Waals surface area (Å²) >= 11 is 5.74. The number of hydrogen-bond acceptors (Lipinski definition) is 4. The van der Waals surface area contributed by atoms with Crippen molar-refractivity contribution in [3.63, 3.8) is 0 Å². The van der Waals surface area contributed by atoms with Gasteiger partial charge in [0.25, 0.3) is 5.91 Å². The van der Waals surface area contributed by atoms with Gasteiger partial charge >= 0.3 is 5.97 Å². The van der Waals surface area contributed by atoms with Gasteiger partial charge in [-0.25, -0.2) is 9.18 Å². The van der Waals surface area contributed by atoms with E-state index in [4.69, 9.17) is 16.3 Å². The van der Waals surface area contributed by atoms with E-state index in [1.54, 1.807) is 25.6 Å². The third-order valence-electron chi connectivity index (χ3n) is 3.56. The van der Waals surface area contributed by atoms with E-state index in [-0.39, 0.29) is 10.6 Å². The van der Waals surface area contributed by atoms with Crippen LogP contribution in [0.15, 0.2) is 18.2 Å². The van der Waals surface area contributed by atoms with Crippen molar-refractivity contribution in [2.75, 3.05) is 5.32 Å². The van der Waals surface area contributed by atoms with Gasteiger partial charge in [-0.15, -0.1) is 0 Å². The van der Waals surface area contributed by atoms with Crippen LogP contribution in [0.25, 0.3) is 0 Å². The Hall–Kier alpha value is -2.41. The lowest BCUT2D eigenvalue weighted by Gasteiger charge is -2.14. The molecule has 128 valence electrons. The number of aromatic nitrogens is 2. The third-order valence-corrected chi connectivity index (χ3v) is 3.79. The summed E-state index contributed by atoms with van der Waals surface area (Å²) in [6, 6.07) is 3.53. The highest BCUT2D eigenvalue weighted by Crippen LogP contribution is 2.20. The highest BCUT2D eigenvalue weighted by atomic mass is 35.5. The van der Waals surface area contributed by atoms with Gasteiger partial charge in [0, 0.05) is 12.1 Å². The lowest BCUT2D eigenvalue weighted by atomic mass is 10.2. The fourth-order valence-electron chi connectivity index (χ4n) is 2.11. The van der Waals surface area contributed by atoms with Gasteiger partial charge in [-0.1, -0.05) is 11.6 Å². The predicted octanol–water partition coefficient (Wildman–Crippen LogP) is 3.01. The molecule has 6 nitrogen and oxygen atoms in total. The van der Waals surface area contributed by atoms with Crippen LogP contribution in [-0.2, 0) is 16.6 Å². The van der Waals surface area contributed by atoms with E-state index in [2.05, 4.69) is 10.4 Å². The first kappa shape index (κ1) is 17.9. The molecule has 0 radical (unpaired) electrons. The van der Waals surface area contributed by atoms with Gasteiger partial charge < -0.3 is 10.1 Å². The van der Waals surface area contributed by atoms with E-state index in [0.717, 1.165) is 17.8 Å². The van der Waals surface area contributed by atoms with Crippen LogP contribution in [0.4, 0.5) is 10.1 Å². The van der Waals surface area contributed by atoms with Crippen molar-refractivity contribution >= 4 is 29.2 Å². The van der Waals surface area contributed by atoms with Crippen molar-refractivity contribution in [1.29, 1.82) is 0 Å². The molecular weight excluding hydrogens is 337 g/mol. The minimum absolute atomic E-state index is 0.196. The smallest absolute Gasteiger partial charge is 0.341 e. The standard InChI is InChI=1S/C16H17ClFN3O3/c1-8-14(9(2)21(4)20-8)19-15(22)10(3)24-16(23)12-7-11(17)5-6-13(12)18/h5-7,10H,1-4H3,(H,19,22)/t10-/m0/s1. The molecule has 0 aliphatic rings. The normalized spacial score (nSPS) is 11.9. The average Bonchev–Trinajstić information content (AvgIpc) is 2.75. The number of anilines is 1. The molecule has 2 aromatic rings. The minimum Gasteiger partial charge on any atom is -0.449 e. The number of amides is 1. The first-order valence-electron chi connectivity index (χ1n) is 7.17. The maximum Gasteiger partial charge on any atom is 0.341 e. The summed E-state index contributed by atoms with van der Waals surface area (Å²) < 4.78 is 20.3. The van der Waals surface area contributed by atoms with E-state index in [9.17, 15) is 14.0 Å². The quantitative estimate of drug-likeness (QED) is 0.857. The second-order valence-electron chi connectivity index (χ2n) is 5.33. The molecule has 2 rings (SSSR count). The van der Waals surface area contributed by atoms with E-state index in [0.29, 0.717) is 11.4 Å². The molecule has 1 aromatic carbocycles. The topological polar surface area (TPSA) is 73.2 Å². The maximum atomic E-state index is 13.7. The highest BCUT2D eigenvalue weighted by molar-refractivity contribution is 6.30. The summed E-state index contributed by atoms with van der Waals surface area (Å²) in [6.45, 7) is 4.95. The van der Waals surface area contributed by atoms with Crippen molar-refractivity contribution in [2.24, 2.45) is 7.05 Å². The summed E-state index contributed by atoms with van der Waals surface area (Å²) in [5.41, 5.74) is 1.64. The number of benzene rings is 1. The SMILES string of the molecule is Cc1nn(C)c(C)c1NC(=O)[C@H](C)OC(=O)c1cc(Cl)ccc1F. The van der Waals surface area contributed by atoms with E-state index >= 15 is 0 Å². The largest absolute Gasteiger partial charge is 0.449 e. The Balaban J connectivity index is 2.08. The number of nitrogens with one attached hydrogen (secondary N) is 1. The Morgan fingerprint density at radius 2 is 2.04 bits per heavy atom. The van der Waals surface area contributed by atoms with Gasteiger partial charge in [0.2, 0.25) is 0 Å². The number of nitrogens with zero attached hydrogens (tertiary/aromatic N) is 2. The molecule has 1 aromatic heterocycles. The van der Waals surface area contributed by atoms with Crippen LogP contribution in [0.2, 0.25) is 5.02 Å². The molecule has 1 N–H and O–H groups in total. The molecule has 0 saturated carbocycles. The Labute approximate surface area is 143 Å². The van der Waals surface area contributed by atoms with Gasteiger partial charge in [0.05, 0.1) is 22.6 Å². The van der Waals surface area contributed by atoms with Crippen LogP contribution in [0.3, 0.4) is 0 Å². The van der Waals surface area contributed by atoms with Gasteiger partial charge in [-0.2, -0.15) is 5.10 Å². The summed E-state index contributed by atoms with van der Waals surface area (Å²) in [5, 5.41) is 7.04. The molecule has 0 unspecified atom stereocenters. The van der Waals surface area contributed by atoms with Crippen LogP contribution in [-0.4, -0.2) is 27.8 Å². The van der Waals surface area contributed by atoms with Gasteiger partial charge in [-0.05, 0) is 39.0 Å². The fourth-order valence-corrected chi connectivity index (χ4v) is 2.28. The van der Waals surface area contributed by atoms with Crippen LogP contribution in [0.1, 0.15) is 28.7 Å². The molecule has 0 spiro atoms. The summed E-state index contributed by atoms with van der Waals surface area (Å²) in [5.74, 6) is -2.27. The molecule has 1 heterocycles.